The molecule has 0 saturated carbocycles. The quantitative estimate of drug-likeness (QED) is 0.449. The van der Waals surface area contributed by atoms with Crippen LogP contribution in [0.3, 0.4) is 0 Å². The predicted octanol–water partition coefficient (Wildman–Crippen LogP) is 4.10. The van der Waals surface area contributed by atoms with Crippen LogP contribution >= 0.6 is 24.0 Å². The summed E-state index contributed by atoms with van der Waals surface area (Å²) in [5.41, 5.74) is 0. The zero-order chi connectivity index (χ0) is 14.3. The van der Waals surface area contributed by atoms with E-state index >= 15 is 0 Å². The molecule has 0 saturated heterocycles. The van der Waals surface area contributed by atoms with Crippen LogP contribution < -0.4 is 0 Å². The first-order chi connectivity index (χ1) is 9.26. The number of thiocarbonyl (C=S) groups is 1. The normalized spacial score (nSPS) is 9.63. The molecule has 0 heterocycles. The molecule has 0 spiro atoms. The lowest BCUT2D eigenvalue weighted by atomic mass is 10.2. The summed E-state index contributed by atoms with van der Waals surface area (Å²) in [4.78, 5) is 1.98. The van der Waals surface area contributed by atoms with E-state index in [1.54, 1.807) is 11.8 Å². The van der Waals surface area contributed by atoms with Crippen molar-refractivity contribution in [2.24, 2.45) is 0 Å². The number of rotatable bonds is 10. The zero-order valence-electron chi connectivity index (χ0n) is 11.7. The fourth-order valence-electron chi connectivity index (χ4n) is 1.62. The molecule has 19 heavy (non-hydrogen) atoms. The second-order valence-corrected chi connectivity index (χ2v) is 6.06. The van der Waals surface area contributed by atoms with Gasteiger partial charge in [0.1, 0.15) is 4.32 Å². The summed E-state index contributed by atoms with van der Waals surface area (Å²) in [5, 5.41) is 17.3. The summed E-state index contributed by atoms with van der Waals surface area (Å²) in [6, 6.07) is 4.25. The van der Waals surface area contributed by atoms with Gasteiger partial charge in [0.25, 0.3) is 0 Å². The minimum absolute atomic E-state index is 0.461. The van der Waals surface area contributed by atoms with Crippen molar-refractivity contribution in [3.8, 4) is 12.1 Å². The molecule has 0 N–H and O–H groups in total. The highest BCUT2D eigenvalue weighted by molar-refractivity contribution is 8.22. The number of hydrogen-bond donors (Lipinski definition) is 0. The van der Waals surface area contributed by atoms with Crippen molar-refractivity contribution in [1.82, 2.24) is 4.90 Å². The van der Waals surface area contributed by atoms with E-state index in [2.05, 4.69) is 19.1 Å². The van der Waals surface area contributed by atoms with Crippen LogP contribution in [0, 0.1) is 22.7 Å². The van der Waals surface area contributed by atoms with Crippen LogP contribution in [-0.4, -0.2) is 28.1 Å². The third kappa shape index (κ3) is 10.8. The highest BCUT2D eigenvalue weighted by Gasteiger charge is 2.09. The minimum Gasteiger partial charge on any atom is -0.355 e. The van der Waals surface area contributed by atoms with E-state index in [0.29, 0.717) is 25.9 Å². The van der Waals surface area contributed by atoms with Gasteiger partial charge in [0.05, 0.1) is 25.0 Å². The van der Waals surface area contributed by atoms with E-state index < -0.39 is 0 Å². The fraction of sp³-hybridized carbons (Fsp3) is 0.786. The minimum atomic E-state index is 0.461. The first-order valence-corrected chi connectivity index (χ1v) is 8.31. The standard InChI is InChI=1S/C14H23N3S2/c1-2-3-4-5-6-13-19-14(18)17(11-7-9-15)12-8-10-16/h2-8,11-13H2,1H3. The Labute approximate surface area is 127 Å². The van der Waals surface area contributed by atoms with Crippen molar-refractivity contribution < 1.29 is 0 Å². The van der Waals surface area contributed by atoms with Crippen molar-refractivity contribution in [3.63, 3.8) is 0 Å². The summed E-state index contributed by atoms with van der Waals surface area (Å²) < 4.78 is 0.834. The number of nitriles is 2. The Bertz CT molecular complexity index is 300. The van der Waals surface area contributed by atoms with E-state index in [1.165, 1.54) is 32.1 Å². The molecule has 0 aliphatic carbocycles. The maximum absolute atomic E-state index is 8.63. The first kappa shape index (κ1) is 18.2. The van der Waals surface area contributed by atoms with Gasteiger partial charge in [0.2, 0.25) is 0 Å². The highest BCUT2D eigenvalue weighted by atomic mass is 32.2. The second kappa shape index (κ2) is 13.6. The van der Waals surface area contributed by atoms with Gasteiger partial charge in [-0.1, -0.05) is 56.6 Å². The van der Waals surface area contributed by atoms with E-state index in [9.17, 15) is 0 Å². The number of nitrogens with zero attached hydrogens (tertiary/aromatic N) is 3. The van der Waals surface area contributed by atoms with Gasteiger partial charge in [-0.25, -0.2) is 0 Å². The molecular weight excluding hydrogens is 274 g/mol. The van der Waals surface area contributed by atoms with Crippen LogP contribution in [-0.2, 0) is 0 Å². The Morgan fingerprint density at radius 1 is 1.05 bits per heavy atom. The van der Waals surface area contributed by atoms with Crippen LogP contribution in [0.5, 0.6) is 0 Å². The Balaban J connectivity index is 3.83. The third-order valence-corrected chi connectivity index (χ3v) is 4.33. The molecule has 0 bridgehead atoms. The molecule has 106 valence electrons. The zero-order valence-corrected chi connectivity index (χ0v) is 13.4. The molecule has 0 unspecified atom stereocenters. The highest BCUT2D eigenvalue weighted by Crippen LogP contribution is 2.14. The molecule has 3 nitrogen and oxygen atoms in total. The van der Waals surface area contributed by atoms with E-state index in [4.69, 9.17) is 22.7 Å². The summed E-state index contributed by atoms with van der Waals surface area (Å²) in [5.74, 6) is 1.04. The summed E-state index contributed by atoms with van der Waals surface area (Å²) in [6.45, 7) is 3.49. The molecule has 0 radical (unpaired) electrons. The van der Waals surface area contributed by atoms with Crippen LogP contribution in [0.15, 0.2) is 0 Å². The van der Waals surface area contributed by atoms with Gasteiger partial charge in [0, 0.05) is 18.8 Å². The molecule has 0 aromatic carbocycles. The lowest BCUT2D eigenvalue weighted by Gasteiger charge is -2.22. The second-order valence-electron chi connectivity index (χ2n) is 4.33. The van der Waals surface area contributed by atoms with Crippen molar-refractivity contribution in [3.05, 3.63) is 0 Å². The van der Waals surface area contributed by atoms with Gasteiger partial charge in [-0.05, 0) is 6.42 Å². The average Bonchev–Trinajstić information content (AvgIpc) is 2.42. The van der Waals surface area contributed by atoms with Gasteiger partial charge >= 0.3 is 0 Å². The largest absolute Gasteiger partial charge is 0.355 e. The van der Waals surface area contributed by atoms with Gasteiger partial charge in [-0.3, -0.25) is 0 Å². The Morgan fingerprint density at radius 2 is 1.63 bits per heavy atom. The molecular formula is C14H23N3S2. The van der Waals surface area contributed by atoms with Gasteiger partial charge < -0.3 is 4.90 Å². The van der Waals surface area contributed by atoms with Crippen molar-refractivity contribution in [2.45, 2.75) is 51.9 Å². The molecule has 0 fully saturated rings. The van der Waals surface area contributed by atoms with Gasteiger partial charge in [-0.2, -0.15) is 10.5 Å². The lowest BCUT2D eigenvalue weighted by Crippen LogP contribution is -2.29. The molecule has 0 rings (SSSR count). The van der Waals surface area contributed by atoms with Gasteiger partial charge in [0.15, 0.2) is 0 Å². The Hall–Kier alpha value is -0.780. The van der Waals surface area contributed by atoms with Crippen molar-refractivity contribution >= 4 is 28.3 Å². The number of hydrogen-bond acceptors (Lipinski definition) is 4. The number of thioether (sulfide) groups is 1. The van der Waals surface area contributed by atoms with Crippen LogP contribution in [0.1, 0.15) is 51.9 Å². The fourth-order valence-corrected chi connectivity index (χ4v) is 2.94. The SMILES string of the molecule is CCCCCCCSC(=S)N(CCC#N)CCC#N. The maximum Gasteiger partial charge on any atom is 0.136 e. The van der Waals surface area contributed by atoms with E-state index in [-0.39, 0.29) is 0 Å². The van der Waals surface area contributed by atoms with Crippen molar-refractivity contribution in [2.75, 3.05) is 18.8 Å². The summed E-state index contributed by atoms with van der Waals surface area (Å²) >= 11 is 7.06. The molecule has 0 aromatic heterocycles. The van der Waals surface area contributed by atoms with Crippen molar-refractivity contribution in [1.29, 1.82) is 10.5 Å². The smallest absolute Gasteiger partial charge is 0.136 e. The van der Waals surface area contributed by atoms with E-state index in [1.807, 2.05) is 4.90 Å². The van der Waals surface area contributed by atoms with Crippen LogP contribution in [0.4, 0.5) is 0 Å². The Kier molecular flexibility index (Phi) is 13.1. The summed E-state index contributed by atoms with van der Waals surface area (Å²) in [6.07, 6.45) is 7.25. The summed E-state index contributed by atoms with van der Waals surface area (Å²) in [7, 11) is 0. The topological polar surface area (TPSA) is 50.8 Å². The molecule has 0 atom stereocenters. The molecule has 0 aromatic rings. The molecule has 0 aliphatic heterocycles. The first-order valence-electron chi connectivity index (χ1n) is 6.91. The van der Waals surface area contributed by atoms with Crippen LogP contribution in [0.25, 0.3) is 0 Å². The third-order valence-electron chi connectivity index (χ3n) is 2.72. The lowest BCUT2D eigenvalue weighted by molar-refractivity contribution is 0.451. The Morgan fingerprint density at radius 3 is 2.16 bits per heavy atom. The van der Waals surface area contributed by atoms with Gasteiger partial charge in [-0.15, -0.1) is 0 Å². The van der Waals surface area contributed by atoms with E-state index in [0.717, 1.165) is 10.1 Å². The maximum atomic E-state index is 8.63. The number of unbranched alkanes of at least 4 members (excludes halogenated alkanes) is 4. The molecule has 5 heteroatoms. The average molecular weight is 297 g/mol. The van der Waals surface area contributed by atoms with Crippen LogP contribution in [0.2, 0.25) is 0 Å². The molecule has 0 aliphatic rings. The monoisotopic (exact) mass is 297 g/mol. The molecule has 0 amide bonds. The predicted molar refractivity (Wildman–Crippen MR) is 85.8 cm³/mol.